The van der Waals surface area contributed by atoms with E-state index in [1.165, 1.54) is 0 Å². The lowest BCUT2D eigenvalue weighted by molar-refractivity contribution is -0.122. The van der Waals surface area contributed by atoms with E-state index in [2.05, 4.69) is 21.2 Å². The van der Waals surface area contributed by atoms with Gasteiger partial charge in [0.25, 0.3) is 0 Å². The van der Waals surface area contributed by atoms with Crippen molar-refractivity contribution in [1.82, 2.24) is 14.5 Å². The number of halogens is 1. The molecule has 1 unspecified atom stereocenters. The molecule has 0 saturated heterocycles. The average Bonchev–Trinajstić information content (AvgIpc) is 2.88. The van der Waals surface area contributed by atoms with Crippen LogP contribution < -0.4 is 11.0 Å². The molecule has 3 aromatic rings. The number of benzene rings is 2. The van der Waals surface area contributed by atoms with Crippen molar-refractivity contribution in [2.75, 3.05) is 0 Å². The van der Waals surface area contributed by atoms with Gasteiger partial charge in [0.2, 0.25) is 5.91 Å². The number of para-hydroxylation sites is 2. The molecule has 2 aromatic carbocycles. The van der Waals surface area contributed by atoms with Gasteiger partial charge in [-0.25, -0.2) is 4.79 Å². The Balaban J connectivity index is 1.85. The first kappa shape index (κ1) is 18.5. The molecule has 0 bridgehead atoms. The smallest absolute Gasteiger partial charge is 0.329 e. The zero-order chi connectivity index (χ0) is 18.7. The van der Waals surface area contributed by atoms with Gasteiger partial charge in [-0.1, -0.05) is 53.2 Å². The summed E-state index contributed by atoms with van der Waals surface area (Å²) in [5.41, 5.74) is 2.51. The third kappa shape index (κ3) is 3.60. The maximum absolute atomic E-state index is 12.8. The molecule has 6 heteroatoms. The lowest BCUT2D eigenvalue weighted by Crippen LogP contribution is -2.34. The number of imidazole rings is 1. The Morgan fingerprint density at radius 2 is 1.69 bits per heavy atom. The molecule has 26 heavy (non-hydrogen) atoms. The van der Waals surface area contributed by atoms with Gasteiger partial charge in [0.1, 0.15) is 6.54 Å². The molecule has 1 heterocycles. The van der Waals surface area contributed by atoms with E-state index >= 15 is 0 Å². The molecule has 136 valence electrons. The minimum absolute atomic E-state index is 0.00482. The van der Waals surface area contributed by atoms with Gasteiger partial charge in [0, 0.05) is 11.0 Å². The molecule has 3 rings (SSSR count). The summed E-state index contributed by atoms with van der Waals surface area (Å²) in [6.45, 7) is 4.61. The van der Waals surface area contributed by atoms with Crippen molar-refractivity contribution < 1.29 is 4.79 Å². The lowest BCUT2D eigenvalue weighted by Gasteiger charge is -2.16. The molecule has 0 fully saturated rings. The summed E-state index contributed by atoms with van der Waals surface area (Å²) in [5, 5.41) is 2.98. The summed E-state index contributed by atoms with van der Waals surface area (Å²) in [7, 11) is 0. The van der Waals surface area contributed by atoms with E-state index in [1.807, 2.05) is 62.4 Å². The SMILES string of the molecule is CCCn1c(=O)n(CC(=O)NC(C)c2ccccc2Br)c2ccccc21. The van der Waals surface area contributed by atoms with Crippen LogP contribution in [0.5, 0.6) is 0 Å². The Kier molecular flexibility index (Phi) is 5.61. The summed E-state index contributed by atoms with van der Waals surface area (Å²) in [4.78, 5) is 25.3. The Bertz CT molecular complexity index is 990. The molecule has 5 nitrogen and oxygen atoms in total. The molecule has 0 aliphatic heterocycles. The number of hydrogen-bond acceptors (Lipinski definition) is 2. The highest BCUT2D eigenvalue weighted by molar-refractivity contribution is 9.10. The van der Waals surface area contributed by atoms with E-state index < -0.39 is 0 Å². The van der Waals surface area contributed by atoms with Crippen LogP contribution in [0.4, 0.5) is 0 Å². The summed E-state index contributed by atoms with van der Waals surface area (Å²) in [5.74, 6) is -0.185. The predicted molar refractivity (Wildman–Crippen MR) is 107 cm³/mol. The fraction of sp³-hybridized carbons (Fsp3) is 0.300. The fourth-order valence-corrected chi connectivity index (χ4v) is 3.83. The second-order valence-electron chi connectivity index (χ2n) is 6.32. The van der Waals surface area contributed by atoms with Gasteiger partial charge in [-0.3, -0.25) is 13.9 Å². The second-order valence-corrected chi connectivity index (χ2v) is 7.17. The van der Waals surface area contributed by atoms with Gasteiger partial charge in [-0.05, 0) is 37.1 Å². The highest BCUT2D eigenvalue weighted by atomic mass is 79.9. The van der Waals surface area contributed by atoms with Crippen molar-refractivity contribution in [3.8, 4) is 0 Å². The minimum Gasteiger partial charge on any atom is -0.348 e. The molecule has 0 aliphatic rings. The lowest BCUT2D eigenvalue weighted by atomic mass is 10.1. The standard InChI is InChI=1S/C20H22BrN3O2/c1-3-12-23-17-10-6-7-11-18(17)24(20(23)26)13-19(25)22-14(2)15-8-4-5-9-16(15)21/h4-11,14H,3,12-13H2,1-2H3,(H,22,25). The van der Waals surface area contributed by atoms with Gasteiger partial charge < -0.3 is 5.32 Å². The Morgan fingerprint density at radius 1 is 1.08 bits per heavy atom. The van der Waals surface area contributed by atoms with Gasteiger partial charge >= 0.3 is 5.69 Å². The first-order valence-electron chi connectivity index (χ1n) is 8.74. The third-order valence-electron chi connectivity index (χ3n) is 4.42. The van der Waals surface area contributed by atoms with Gasteiger partial charge in [0.05, 0.1) is 17.1 Å². The van der Waals surface area contributed by atoms with Crippen molar-refractivity contribution >= 4 is 32.9 Å². The number of nitrogens with one attached hydrogen (secondary N) is 1. The monoisotopic (exact) mass is 415 g/mol. The van der Waals surface area contributed by atoms with Crippen LogP contribution in [-0.2, 0) is 17.9 Å². The summed E-state index contributed by atoms with van der Waals surface area (Å²) < 4.78 is 4.23. The van der Waals surface area contributed by atoms with Crippen LogP contribution >= 0.6 is 15.9 Å². The van der Waals surface area contributed by atoms with E-state index in [9.17, 15) is 9.59 Å². The topological polar surface area (TPSA) is 56.0 Å². The summed E-state index contributed by atoms with van der Waals surface area (Å²) in [6, 6.07) is 15.2. The van der Waals surface area contributed by atoms with Gasteiger partial charge in [0.15, 0.2) is 0 Å². The van der Waals surface area contributed by atoms with Gasteiger partial charge in [-0.2, -0.15) is 0 Å². The Morgan fingerprint density at radius 3 is 2.35 bits per heavy atom. The molecule has 1 aromatic heterocycles. The van der Waals surface area contributed by atoms with Crippen LogP contribution in [0.1, 0.15) is 31.9 Å². The van der Waals surface area contributed by atoms with Crippen molar-refractivity contribution in [1.29, 1.82) is 0 Å². The quantitative estimate of drug-likeness (QED) is 0.664. The number of aromatic nitrogens is 2. The maximum Gasteiger partial charge on any atom is 0.329 e. The first-order valence-corrected chi connectivity index (χ1v) is 9.54. The number of rotatable bonds is 6. The highest BCUT2D eigenvalue weighted by Gasteiger charge is 2.17. The molecular formula is C20H22BrN3O2. The normalized spacial score (nSPS) is 12.3. The molecule has 0 radical (unpaired) electrons. The van der Waals surface area contributed by atoms with Crippen LogP contribution in [0.25, 0.3) is 11.0 Å². The third-order valence-corrected chi connectivity index (χ3v) is 5.15. The van der Waals surface area contributed by atoms with E-state index in [-0.39, 0.29) is 24.2 Å². The number of carbonyl (C=O) groups is 1. The van der Waals surface area contributed by atoms with Gasteiger partial charge in [-0.15, -0.1) is 0 Å². The van der Waals surface area contributed by atoms with Crippen LogP contribution in [0.2, 0.25) is 0 Å². The molecule has 1 N–H and O–H groups in total. The van der Waals surface area contributed by atoms with Crippen LogP contribution in [0.3, 0.4) is 0 Å². The zero-order valence-corrected chi connectivity index (χ0v) is 16.5. The number of carbonyl (C=O) groups excluding carboxylic acids is 1. The number of hydrogen-bond donors (Lipinski definition) is 1. The summed E-state index contributed by atoms with van der Waals surface area (Å²) in [6.07, 6.45) is 0.860. The largest absolute Gasteiger partial charge is 0.348 e. The second kappa shape index (κ2) is 7.91. The van der Waals surface area contributed by atoms with E-state index in [0.29, 0.717) is 6.54 Å². The number of aryl methyl sites for hydroxylation is 1. The molecule has 0 aliphatic carbocycles. The van der Waals surface area contributed by atoms with Crippen molar-refractivity contribution in [3.05, 3.63) is 69.1 Å². The predicted octanol–water partition coefficient (Wildman–Crippen LogP) is 3.85. The van der Waals surface area contributed by atoms with Crippen LogP contribution in [-0.4, -0.2) is 15.0 Å². The van der Waals surface area contributed by atoms with Crippen LogP contribution in [0.15, 0.2) is 57.8 Å². The molecular weight excluding hydrogens is 394 g/mol. The minimum atomic E-state index is -0.185. The van der Waals surface area contributed by atoms with Crippen molar-refractivity contribution in [2.24, 2.45) is 0 Å². The van der Waals surface area contributed by atoms with E-state index in [1.54, 1.807) is 9.13 Å². The summed E-state index contributed by atoms with van der Waals surface area (Å²) >= 11 is 3.51. The fourth-order valence-electron chi connectivity index (χ4n) is 3.20. The van der Waals surface area contributed by atoms with E-state index in [0.717, 1.165) is 27.5 Å². The molecule has 0 saturated carbocycles. The Hall–Kier alpha value is -2.34. The molecule has 1 amide bonds. The number of nitrogens with zero attached hydrogens (tertiary/aromatic N) is 2. The maximum atomic E-state index is 12.8. The van der Waals surface area contributed by atoms with Crippen LogP contribution in [0, 0.1) is 0 Å². The van der Waals surface area contributed by atoms with Crippen molar-refractivity contribution in [2.45, 2.75) is 39.4 Å². The molecule has 0 spiro atoms. The Labute approximate surface area is 160 Å². The number of fused-ring (bicyclic) bond motifs is 1. The average molecular weight is 416 g/mol. The number of amides is 1. The van der Waals surface area contributed by atoms with E-state index in [4.69, 9.17) is 0 Å². The van der Waals surface area contributed by atoms with Crippen molar-refractivity contribution in [3.63, 3.8) is 0 Å². The highest BCUT2D eigenvalue weighted by Crippen LogP contribution is 2.22. The first-order chi connectivity index (χ1) is 12.5. The zero-order valence-electron chi connectivity index (χ0n) is 14.9. The molecule has 1 atom stereocenters.